The second-order valence-electron chi connectivity index (χ2n) is 3.58. The van der Waals surface area contributed by atoms with Crippen molar-refractivity contribution >= 4 is 12.1 Å². The van der Waals surface area contributed by atoms with Gasteiger partial charge in [0.05, 0.1) is 6.04 Å². The van der Waals surface area contributed by atoms with Gasteiger partial charge in [0, 0.05) is 0 Å². The lowest BCUT2D eigenvalue weighted by molar-refractivity contribution is -0.148. The lowest BCUT2D eigenvalue weighted by Gasteiger charge is -2.24. The van der Waals surface area contributed by atoms with E-state index in [9.17, 15) is 14.7 Å². The van der Waals surface area contributed by atoms with Crippen LogP contribution in [0, 0.1) is 5.92 Å². The summed E-state index contributed by atoms with van der Waals surface area (Å²) in [7, 11) is 0. The summed E-state index contributed by atoms with van der Waals surface area (Å²) < 4.78 is 4.63. The highest BCUT2D eigenvalue weighted by Gasteiger charge is 2.30. The lowest BCUT2D eigenvalue weighted by atomic mass is 9.99. The van der Waals surface area contributed by atoms with E-state index in [2.05, 4.69) is 16.6 Å². The Hall–Kier alpha value is -1.56. The Morgan fingerprint density at radius 1 is 1.50 bits per heavy atom. The number of carboxylic acid groups (broad SMARTS) is 1. The van der Waals surface area contributed by atoms with Crippen LogP contribution in [0.4, 0.5) is 4.79 Å². The Kier molecular flexibility index (Phi) is 6.17. The summed E-state index contributed by atoms with van der Waals surface area (Å²) in [4.78, 5) is 21.7. The highest BCUT2D eigenvalue weighted by Crippen LogP contribution is 2.07. The third-order valence-corrected chi connectivity index (χ3v) is 1.93. The molecular weight excluding hydrogens is 214 g/mol. The van der Waals surface area contributed by atoms with Gasteiger partial charge in [-0.1, -0.05) is 26.5 Å². The van der Waals surface area contributed by atoms with E-state index < -0.39 is 24.2 Å². The number of carbonyl (C=O) groups excluding carboxylic acids is 1. The standard InChI is InChI=1S/C10H17NO5/c1-4-5-16-10(15)11-7(6(2)3)8(12)9(13)14/h4,6-8,12H,1,5H2,2-3H3,(H,11,15)(H,13,14)/t7-,8-/m0/s1. The zero-order chi connectivity index (χ0) is 12.7. The Balaban J connectivity index is 4.39. The van der Waals surface area contributed by atoms with Gasteiger partial charge in [0.1, 0.15) is 6.61 Å². The zero-order valence-corrected chi connectivity index (χ0v) is 9.34. The van der Waals surface area contributed by atoms with Crippen molar-refractivity contribution < 1.29 is 24.5 Å². The van der Waals surface area contributed by atoms with Crippen molar-refractivity contribution in [3.8, 4) is 0 Å². The molecule has 1 amide bonds. The third-order valence-electron chi connectivity index (χ3n) is 1.93. The van der Waals surface area contributed by atoms with E-state index in [4.69, 9.17) is 5.11 Å². The monoisotopic (exact) mass is 231 g/mol. The lowest BCUT2D eigenvalue weighted by Crippen LogP contribution is -2.50. The van der Waals surface area contributed by atoms with Crippen LogP contribution in [0.1, 0.15) is 13.8 Å². The topological polar surface area (TPSA) is 95.9 Å². The molecule has 0 saturated carbocycles. The summed E-state index contributed by atoms with van der Waals surface area (Å²) in [5.41, 5.74) is 0. The van der Waals surface area contributed by atoms with Gasteiger partial charge in [0.15, 0.2) is 6.10 Å². The van der Waals surface area contributed by atoms with Gasteiger partial charge in [-0.15, -0.1) is 0 Å². The summed E-state index contributed by atoms with van der Waals surface area (Å²) in [5, 5.41) is 20.3. The number of ether oxygens (including phenoxy) is 1. The van der Waals surface area contributed by atoms with Crippen LogP contribution in [-0.2, 0) is 9.53 Å². The van der Waals surface area contributed by atoms with Gasteiger partial charge in [-0.25, -0.2) is 9.59 Å². The maximum Gasteiger partial charge on any atom is 0.407 e. The number of hydrogen-bond donors (Lipinski definition) is 3. The molecule has 0 aliphatic rings. The number of aliphatic hydroxyl groups is 1. The Morgan fingerprint density at radius 2 is 2.06 bits per heavy atom. The molecule has 0 rings (SSSR count). The molecule has 0 radical (unpaired) electrons. The molecule has 2 atom stereocenters. The minimum atomic E-state index is -1.66. The number of carboxylic acids is 1. The summed E-state index contributed by atoms with van der Waals surface area (Å²) >= 11 is 0. The summed E-state index contributed by atoms with van der Waals surface area (Å²) in [6.45, 7) is 6.76. The molecule has 0 aromatic rings. The van der Waals surface area contributed by atoms with Crippen LogP contribution >= 0.6 is 0 Å². The first-order valence-corrected chi connectivity index (χ1v) is 4.85. The van der Waals surface area contributed by atoms with Gasteiger partial charge in [-0.3, -0.25) is 0 Å². The van der Waals surface area contributed by atoms with E-state index in [0.29, 0.717) is 0 Å². The van der Waals surface area contributed by atoms with Crippen LogP contribution in [0.25, 0.3) is 0 Å². The Morgan fingerprint density at radius 3 is 2.44 bits per heavy atom. The predicted molar refractivity (Wildman–Crippen MR) is 56.9 cm³/mol. The molecule has 16 heavy (non-hydrogen) atoms. The van der Waals surface area contributed by atoms with Crippen molar-refractivity contribution in [1.29, 1.82) is 0 Å². The summed E-state index contributed by atoms with van der Waals surface area (Å²) in [6.07, 6.45) is -1.05. The first kappa shape index (κ1) is 14.4. The zero-order valence-electron chi connectivity index (χ0n) is 9.34. The van der Waals surface area contributed by atoms with Crippen LogP contribution in [0.2, 0.25) is 0 Å². The van der Waals surface area contributed by atoms with Crippen molar-refractivity contribution in [2.24, 2.45) is 5.92 Å². The van der Waals surface area contributed by atoms with E-state index in [-0.39, 0.29) is 12.5 Å². The third kappa shape index (κ3) is 4.79. The minimum absolute atomic E-state index is 0.0276. The number of amides is 1. The maximum atomic E-state index is 11.2. The maximum absolute atomic E-state index is 11.2. The smallest absolute Gasteiger partial charge is 0.407 e. The molecule has 0 aromatic carbocycles. The van der Waals surface area contributed by atoms with Gasteiger partial charge >= 0.3 is 12.1 Å². The second-order valence-corrected chi connectivity index (χ2v) is 3.58. The van der Waals surface area contributed by atoms with Crippen molar-refractivity contribution in [2.75, 3.05) is 6.61 Å². The van der Waals surface area contributed by atoms with Gasteiger partial charge < -0.3 is 20.3 Å². The fraction of sp³-hybridized carbons (Fsp3) is 0.600. The summed E-state index contributed by atoms with van der Waals surface area (Å²) in [5.74, 6) is -1.62. The normalized spacial score (nSPS) is 14.0. The van der Waals surface area contributed by atoms with Gasteiger partial charge in [0.25, 0.3) is 0 Å². The van der Waals surface area contributed by atoms with E-state index in [1.54, 1.807) is 13.8 Å². The first-order chi connectivity index (χ1) is 7.40. The van der Waals surface area contributed by atoms with Crippen LogP contribution in [0.15, 0.2) is 12.7 Å². The average molecular weight is 231 g/mol. The first-order valence-electron chi connectivity index (χ1n) is 4.85. The molecule has 0 fully saturated rings. The number of carbonyl (C=O) groups is 2. The van der Waals surface area contributed by atoms with Crippen molar-refractivity contribution in [3.05, 3.63) is 12.7 Å². The average Bonchev–Trinajstić information content (AvgIpc) is 2.21. The Bertz CT molecular complexity index is 264. The van der Waals surface area contributed by atoms with Crippen LogP contribution in [-0.4, -0.2) is 41.0 Å². The number of alkyl carbamates (subject to hydrolysis) is 1. The van der Waals surface area contributed by atoms with Gasteiger partial charge in [-0.2, -0.15) is 0 Å². The van der Waals surface area contributed by atoms with E-state index in [0.717, 1.165) is 0 Å². The largest absolute Gasteiger partial charge is 0.479 e. The molecule has 6 nitrogen and oxygen atoms in total. The summed E-state index contributed by atoms with van der Waals surface area (Å²) in [6, 6.07) is -0.894. The molecule has 3 N–H and O–H groups in total. The molecule has 0 unspecified atom stereocenters. The number of nitrogens with one attached hydrogen (secondary N) is 1. The quantitative estimate of drug-likeness (QED) is 0.574. The van der Waals surface area contributed by atoms with Crippen LogP contribution < -0.4 is 5.32 Å². The van der Waals surface area contributed by atoms with Crippen LogP contribution in [0.3, 0.4) is 0 Å². The molecule has 0 bridgehead atoms. The number of hydrogen-bond acceptors (Lipinski definition) is 4. The van der Waals surface area contributed by atoms with E-state index in [1.165, 1.54) is 6.08 Å². The van der Waals surface area contributed by atoms with Gasteiger partial charge in [0.2, 0.25) is 0 Å². The molecule has 92 valence electrons. The van der Waals surface area contributed by atoms with Crippen LogP contribution in [0.5, 0.6) is 0 Å². The fourth-order valence-corrected chi connectivity index (χ4v) is 1.08. The fourth-order valence-electron chi connectivity index (χ4n) is 1.08. The van der Waals surface area contributed by atoms with Crippen molar-refractivity contribution in [1.82, 2.24) is 5.32 Å². The second kappa shape index (κ2) is 6.84. The Labute approximate surface area is 93.9 Å². The van der Waals surface area contributed by atoms with E-state index in [1.807, 2.05) is 0 Å². The molecular formula is C10H17NO5. The minimum Gasteiger partial charge on any atom is -0.479 e. The molecule has 0 aliphatic heterocycles. The van der Waals surface area contributed by atoms with Crippen molar-refractivity contribution in [2.45, 2.75) is 26.0 Å². The molecule has 0 saturated heterocycles. The number of rotatable bonds is 6. The molecule has 0 aromatic heterocycles. The van der Waals surface area contributed by atoms with Gasteiger partial charge in [-0.05, 0) is 5.92 Å². The number of aliphatic hydroxyl groups excluding tert-OH is 1. The molecule has 0 aliphatic carbocycles. The molecule has 6 heteroatoms. The highest BCUT2D eigenvalue weighted by molar-refractivity contribution is 5.75. The van der Waals surface area contributed by atoms with E-state index >= 15 is 0 Å². The predicted octanol–water partition coefficient (Wildman–Crippen LogP) is 0.369. The molecule has 0 heterocycles. The highest BCUT2D eigenvalue weighted by atomic mass is 16.5. The molecule has 0 spiro atoms. The van der Waals surface area contributed by atoms with Crippen molar-refractivity contribution in [3.63, 3.8) is 0 Å². The number of aliphatic carboxylic acids is 1. The SMILES string of the molecule is C=CCOC(=O)N[C@@H](C(C)C)[C@H](O)C(=O)O.